The summed E-state index contributed by atoms with van der Waals surface area (Å²) >= 11 is 1.33. The zero-order chi connectivity index (χ0) is 16.9. The zero-order valence-corrected chi connectivity index (χ0v) is 13.8. The van der Waals surface area contributed by atoms with Gasteiger partial charge in [-0.15, -0.1) is 11.3 Å². The van der Waals surface area contributed by atoms with Crippen molar-refractivity contribution in [2.24, 2.45) is 0 Å². The van der Waals surface area contributed by atoms with Crippen molar-refractivity contribution in [3.63, 3.8) is 0 Å². The summed E-state index contributed by atoms with van der Waals surface area (Å²) in [6.45, 7) is 2.05. The molecule has 122 valence electrons. The maximum atomic E-state index is 12.2. The van der Waals surface area contributed by atoms with E-state index >= 15 is 0 Å². The lowest BCUT2D eigenvalue weighted by molar-refractivity contribution is 0.0912. The summed E-state index contributed by atoms with van der Waals surface area (Å²) in [5, 5.41) is 15.2. The Hall–Kier alpha value is -2.64. The van der Waals surface area contributed by atoms with Crippen molar-refractivity contribution < 1.29 is 9.90 Å². The van der Waals surface area contributed by atoms with E-state index in [1.54, 1.807) is 24.0 Å². The average molecular weight is 340 g/mol. The molecule has 0 fully saturated rings. The molecule has 0 aliphatic heterocycles. The van der Waals surface area contributed by atoms with E-state index in [1.165, 1.54) is 11.3 Å². The van der Waals surface area contributed by atoms with Crippen LogP contribution in [-0.4, -0.2) is 32.5 Å². The van der Waals surface area contributed by atoms with Gasteiger partial charge in [0.05, 0.1) is 12.3 Å². The van der Waals surface area contributed by atoms with E-state index in [9.17, 15) is 9.90 Å². The highest BCUT2D eigenvalue weighted by Gasteiger charge is 2.15. The second-order valence-electron chi connectivity index (χ2n) is 5.21. The third-order valence-electron chi connectivity index (χ3n) is 3.52. The lowest BCUT2D eigenvalue weighted by atomic mass is 10.0. The summed E-state index contributed by atoms with van der Waals surface area (Å²) in [4.78, 5) is 24.6. The smallest absolute Gasteiger partial charge is 0.270 e. The highest BCUT2D eigenvalue weighted by molar-refractivity contribution is 7.13. The summed E-state index contributed by atoms with van der Waals surface area (Å²) < 4.78 is 0. The molecule has 0 spiro atoms. The summed E-state index contributed by atoms with van der Waals surface area (Å²) in [6.07, 6.45) is 4.00. The van der Waals surface area contributed by atoms with E-state index in [-0.39, 0.29) is 12.5 Å². The molecule has 0 saturated heterocycles. The number of rotatable bonds is 5. The number of aryl methyl sites for hydroxylation is 1. The topological polar surface area (TPSA) is 88.0 Å². The molecular weight excluding hydrogens is 324 g/mol. The molecule has 24 heavy (non-hydrogen) atoms. The number of amides is 1. The summed E-state index contributed by atoms with van der Waals surface area (Å²) in [7, 11) is 0. The maximum absolute atomic E-state index is 12.2. The number of nitrogens with one attached hydrogen (secondary N) is 1. The highest BCUT2D eigenvalue weighted by atomic mass is 32.1. The normalized spacial score (nSPS) is 11.9. The van der Waals surface area contributed by atoms with E-state index < -0.39 is 6.10 Å². The molecule has 2 aromatic heterocycles. The molecule has 1 aromatic carbocycles. The van der Waals surface area contributed by atoms with E-state index in [2.05, 4.69) is 20.3 Å². The minimum atomic E-state index is -0.756. The zero-order valence-electron chi connectivity index (χ0n) is 13.0. The number of carbonyl (C=O) groups is 1. The number of thiazole rings is 1. The van der Waals surface area contributed by atoms with Gasteiger partial charge in [-0.25, -0.2) is 4.98 Å². The largest absolute Gasteiger partial charge is 0.387 e. The lowest BCUT2D eigenvalue weighted by Crippen LogP contribution is -2.28. The van der Waals surface area contributed by atoms with Crippen molar-refractivity contribution >= 4 is 17.2 Å². The van der Waals surface area contributed by atoms with Gasteiger partial charge in [0.1, 0.15) is 16.4 Å². The fraction of sp³-hybridized carbons (Fsp3) is 0.176. The molecule has 6 nitrogen and oxygen atoms in total. The molecular formula is C17H16N4O2S. The Morgan fingerprint density at radius 3 is 2.92 bits per heavy atom. The van der Waals surface area contributed by atoms with Gasteiger partial charge in [0.15, 0.2) is 0 Å². The molecule has 2 heterocycles. The van der Waals surface area contributed by atoms with Gasteiger partial charge in [0.25, 0.3) is 5.91 Å². The van der Waals surface area contributed by atoms with Crippen molar-refractivity contribution in [1.29, 1.82) is 0 Å². The van der Waals surface area contributed by atoms with E-state index in [1.807, 2.05) is 31.2 Å². The maximum Gasteiger partial charge on any atom is 0.270 e. The van der Waals surface area contributed by atoms with Crippen molar-refractivity contribution in [2.75, 3.05) is 6.54 Å². The van der Waals surface area contributed by atoms with Crippen LogP contribution in [0.2, 0.25) is 0 Å². The van der Waals surface area contributed by atoms with Gasteiger partial charge >= 0.3 is 0 Å². The molecule has 1 unspecified atom stereocenters. The second-order valence-corrected chi connectivity index (χ2v) is 6.07. The molecule has 2 N–H and O–H groups in total. The molecule has 1 amide bonds. The van der Waals surface area contributed by atoms with E-state index in [0.29, 0.717) is 16.4 Å². The molecule has 0 radical (unpaired) electrons. The van der Waals surface area contributed by atoms with Crippen LogP contribution in [0.25, 0.3) is 10.7 Å². The lowest BCUT2D eigenvalue weighted by Gasteiger charge is -2.14. The van der Waals surface area contributed by atoms with Crippen LogP contribution in [0.5, 0.6) is 0 Å². The Morgan fingerprint density at radius 2 is 2.17 bits per heavy atom. The first-order chi connectivity index (χ1) is 11.6. The molecule has 0 aliphatic carbocycles. The minimum absolute atomic E-state index is 0.127. The van der Waals surface area contributed by atoms with Gasteiger partial charge in [-0.05, 0) is 18.1 Å². The van der Waals surface area contributed by atoms with Crippen LogP contribution in [0, 0.1) is 6.92 Å². The summed E-state index contributed by atoms with van der Waals surface area (Å²) in [6, 6.07) is 7.55. The number of aliphatic hydroxyl groups excluding tert-OH is 1. The van der Waals surface area contributed by atoms with Gasteiger partial charge in [-0.2, -0.15) is 0 Å². The van der Waals surface area contributed by atoms with Crippen molar-refractivity contribution in [3.8, 4) is 10.7 Å². The number of hydrogen-bond acceptors (Lipinski definition) is 6. The Bertz CT molecular complexity index is 835. The van der Waals surface area contributed by atoms with Crippen LogP contribution in [0.15, 0.2) is 48.2 Å². The fourth-order valence-electron chi connectivity index (χ4n) is 2.26. The quantitative estimate of drug-likeness (QED) is 0.744. The first-order valence-electron chi connectivity index (χ1n) is 7.39. The van der Waals surface area contributed by atoms with Crippen LogP contribution >= 0.6 is 11.3 Å². The first-order valence-corrected chi connectivity index (χ1v) is 8.27. The van der Waals surface area contributed by atoms with Gasteiger partial charge in [0.2, 0.25) is 0 Å². The minimum Gasteiger partial charge on any atom is -0.387 e. The van der Waals surface area contributed by atoms with Crippen LogP contribution in [0.1, 0.15) is 27.7 Å². The summed E-state index contributed by atoms with van der Waals surface area (Å²) in [5.74, 6) is -0.325. The number of nitrogens with zero attached hydrogens (tertiary/aromatic N) is 3. The van der Waals surface area contributed by atoms with E-state index in [0.717, 1.165) is 11.1 Å². The van der Waals surface area contributed by atoms with Gasteiger partial charge < -0.3 is 10.4 Å². The monoisotopic (exact) mass is 340 g/mol. The molecule has 0 saturated carbocycles. The number of hydrogen-bond donors (Lipinski definition) is 2. The Kier molecular flexibility index (Phi) is 4.93. The highest BCUT2D eigenvalue weighted by Crippen LogP contribution is 2.21. The van der Waals surface area contributed by atoms with E-state index in [4.69, 9.17) is 0 Å². The number of carbonyl (C=O) groups excluding carboxylic acids is 1. The van der Waals surface area contributed by atoms with Crippen molar-refractivity contribution in [2.45, 2.75) is 13.0 Å². The van der Waals surface area contributed by atoms with Gasteiger partial charge in [-0.1, -0.05) is 24.3 Å². The second kappa shape index (κ2) is 7.29. The standard InChI is InChI=1S/C17H16N4O2S/c1-11-4-2-3-5-12(11)15(22)9-20-16(23)14-10-24-17(21-14)13-8-18-6-7-19-13/h2-8,10,15,22H,9H2,1H3,(H,20,23). The third kappa shape index (κ3) is 3.64. The van der Waals surface area contributed by atoms with Gasteiger partial charge in [-0.3, -0.25) is 14.8 Å². The Balaban J connectivity index is 1.64. The molecule has 0 aliphatic rings. The molecule has 7 heteroatoms. The molecule has 3 aromatic rings. The van der Waals surface area contributed by atoms with Crippen molar-refractivity contribution in [3.05, 3.63) is 65.1 Å². The molecule has 1 atom stereocenters. The number of aromatic nitrogens is 3. The van der Waals surface area contributed by atoms with Crippen molar-refractivity contribution in [1.82, 2.24) is 20.3 Å². The summed E-state index contributed by atoms with van der Waals surface area (Å²) in [5.41, 5.74) is 2.72. The number of benzene rings is 1. The predicted octanol–water partition coefficient (Wildman–Crippen LogP) is 2.37. The fourth-order valence-corrected chi connectivity index (χ4v) is 3.02. The average Bonchev–Trinajstić information content (AvgIpc) is 3.11. The Labute approximate surface area is 143 Å². The molecule has 0 bridgehead atoms. The first kappa shape index (κ1) is 16.2. The van der Waals surface area contributed by atoms with Crippen LogP contribution in [-0.2, 0) is 0 Å². The third-order valence-corrected chi connectivity index (χ3v) is 4.39. The van der Waals surface area contributed by atoms with Crippen LogP contribution < -0.4 is 5.32 Å². The molecule has 3 rings (SSSR count). The number of aliphatic hydroxyl groups is 1. The SMILES string of the molecule is Cc1ccccc1C(O)CNC(=O)c1csc(-c2cnccn2)n1. The van der Waals surface area contributed by atoms with Crippen LogP contribution in [0.3, 0.4) is 0 Å². The Morgan fingerprint density at radius 1 is 1.33 bits per heavy atom. The van der Waals surface area contributed by atoms with Gasteiger partial charge in [0, 0.05) is 24.3 Å². The van der Waals surface area contributed by atoms with Crippen LogP contribution in [0.4, 0.5) is 0 Å². The predicted molar refractivity (Wildman–Crippen MR) is 91.6 cm³/mol.